The average molecular weight is 436 g/mol. The van der Waals surface area contributed by atoms with Crippen LogP contribution in [0.25, 0.3) is 0 Å². The molecule has 0 N–H and O–H groups in total. The van der Waals surface area contributed by atoms with Gasteiger partial charge in [0.25, 0.3) is 5.56 Å². The van der Waals surface area contributed by atoms with E-state index in [2.05, 4.69) is 0 Å². The van der Waals surface area contributed by atoms with E-state index in [9.17, 15) is 18.0 Å². The summed E-state index contributed by atoms with van der Waals surface area (Å²) < 4.78 is 33.2. The molecule has 30 heavy (non-hydrogen) atoms. The summed E-state index contributed by atoms with van der Waals surface area (Å²) in [6, 6.07) is 8.15. The second kappa shape index (κ2) is 9.90. The Hall–Kier alpha value is -2.65. The lowest BCUT2D eigenvalue weighted by Crippen LogP contribution is -2.35. The minimum Gasteiger partial charge on any atom is -0.496 e. The monoisotopic (exact) mass is 435 g/mol. The fourth-order valence-corrected chi connectivity index (χ4v) is 4.62. The van der Waals surface area contributed by atoms with Gasteiger partial charge >= 0.3 is 0 Å². The molecule has 8 nitrogen and oxygen atoms in total. The van der Waals surface area contributed by atoms with Crippen molar-refractivity contribution in [2.75, 3.05) is 27.2 Å². The summed E-state index contributed by atoms with van der Waals surface area (Å²) in [5, 5.41) is 0. The van der Waals surface area contributed by atoms with Crippen molar-refractivity contribution < 1.29 is 17.9 Å². The van der Waals surface area contributed by atoms with Gasteiger partial charge in [-0.05, 0) is 19.1 Å². The minimum absolute atomic E-state index is 0.0124. The van der Waals surface area contributed by atoms with Crippen LogP contribution in [-0.4, -0.2) is 55.3 Å². The van der Waals surface area contributed by atoms with Gasteiger partial charge in [0.05, 0.1) is 12.0 Å². The highest BCUT2D eigenvalue weighted by Crippen LogP contribution is 2.21. The zero-order valence-electron chi connectivity index (χ0n) is 18.1. The lowest BCUT2D eigenvalue weighted by atomic mass is 10.1. The SMILES string of the molecule is CCN(CC)S(=O)(=O)c1ccc(=O)n(CC(=O)N(C)Cc2cc(C)ccc2OC)c1. The molecular formula is C21H29N3O5S. The first-order chi connectivity index (χ1) is 14.1. The van der Waals surface area contributed by atoms with Crippen LogP contribution >= 0.6 is 0 Å². The first-order valence-corrected chi connectivity index (χ1v) is 11.2. The van der Waals surface area contributed by atoms with Crippen LogP contribution in [0.4, 0.5) is 0 Å². The van der Waals surface area contributed by atoms with Crippen molar-refractivity contribution in [3.63, 3.8) is 0 Å². The molecule has 1 heterocycles. The molecule has 0 aliphatic heterocycles. The van der Waals surface area contributed by atoms with E-state index in [1.165, 1.54) is 27.5 Å². The Balaban J connectivity index is 2.25. The van der Waals surface area contributed by atoms with Gasteiger partial charge in [0.15, 0.2) is 0 Å². The second-order valence-corrected chi connectivity index (χ2v) is 8.92. The van der Waals surface area contributed by atoms with Crippen LogP contribution in [0.15, 0.2) is 46.2 Å². The summed E-state index contributed by atoms with van der Waals surface area (Å²) in [7, 11) is -0.529. The number of hydrogen-bond donors (Lipinski definition) is 0. The highest BCUT2D eigenvalue weighted by Gasteiger charge is 2.23. The number of hydrogen-bond acceptors (Lipinski definition) is 5. The number of rotatable bonds is 9. The van der Waals surface area contributed by atoms with Gasteiger partial charge in [-0.25, -0.2) is 8.42 Å². The van der Waals surface area contributed by atoms with Crippen LogP contribution < -0.4 is 10.3 Å². The van der Waals surface area contributed by atoms with Crippen LogP contribution in [0.5, 0.6) is 5.75 Å². The molecule has 9 heteroatoms. The molecule has 0 saturated heterocycles. The molecule has 0 spiro atoms. The van der Waals surface area contributed by atoms with Crippen molar-refractivity contribution in [2.45, 2.75) is 38.8 Å². The van der Waals surface area contributed by atoms with Gasteiger partial charge in [-0.2, -0.15) is 4.31 Å². The van der Waals surface area contributed by atoms with E-state index in [-0.39, 0.29) is 17.3 Å². The number of likely N-dealkylation sites (N-methyl/N-ethyl adjacent to an activating group) is 1. The first kappa shape index (κ1) is 23.6. The topological polar surface area (TPSA) is 88.9 Å². The zero-order valence-corrected chi connectivity index (χ0v) is 18.9. The number of pyridine rings is 1. The Morgan fingerprint density at radius 1 is 1.13 bits per heavy atom. The summed E-state index contributed by atoms with van der Waals surface area (Å²) >= 11 is 0. The Bertz CT molecular complexity index is 1060. The van der Waals surface area contributed by atoms with Crippen LogP contribution in [0.2, 0.25) is 0 Å². The Morgan fingerprint density at radius 3 is 2.40 bits per heavy atom. The van der Waals surface area contributed by atoms with Crippen LogP contribution in [0, 0.1) is 6.92 Å². The van der Waals surface area contributed by atoms with Gasteiger partial charge in [-0.1, -0.05) is 31.5 Å². The maximum atomic E-state index is 12.7. The smallest absolute Gasteiger partial charge is 0.251 e. The summed E-state index contributed by atoms with van der Waals surface area (Å²) in [4.78, 5) is 26.4. The molecule has 0 atom stereocenters. The Kier molecular flexibility index (Phi) is 7.80. The molecule has 0 bridgehead atoms. The summed E-state index contributed by atoms with van der Waals surface area (Å²) in [6.45, 7) is 6.12. The number of aryl methyl sites for hydroxylation is 1. The lowest BCUT2D eigenvalue weighted by Gasteiger charge is -2.21. The largest absolute Gasteiger partial charge is 0.496 e. The number of sulfonamides is 1. The van der Waals surface area contributed by atoms with E-state index in [0.29, 0.717) is 25.4 Å². The van der Waals surface area contributed by atoms with E-state index >= 15 is 0 Å². The van der Waals surface area contributed by atoms with Crippen molar-refractivity contribution >= 4 is 15.9 Å². The van der Waals surface area contributed by atoms with E-state index in [0.717, 1.165) is 15.7 Å². The van der Waals surface area contributed by atoms with E-state index in [4.69, 9.17) is 4.74 Å². The molecule has 0 radical (unpaired) electrons. The normalized spacial score (nSPS) is 11.5. The maximum absolute atomic E-state index is 12.7. The van der Waals surface area contributed by atoms with Gasteiger partial charge in [-0.15, -0.1) is 0 Å². The minimum atomic E-state index is -3.73. The molecule has 1 aromatic carbocycles. The molecule has 1 aromatic heterocycles. The molecule has 164 valence electrons. The highest BCUT2D eigenvalue weighted by molar-refractivity contribution is 7.89. The third kappa shape index (κ3) is 5.28. The van der Waals surface area contributed by atoms with Crippen LogP contribution in [-0.2, 0) is 27.9 Å². The summed E-state index contributed by atoms with van der Waals surface area (Å²) in [5.74, 6) is 0.350. The van der Waals surface area contributed by atoms with Gasteiger partial charge in [0, 0.05) is 44.5 Å². The number of carbonyl (C=O) groups is 1. The molecule has 1 amide bonds. The number of aromatic nitrogens is 1. The Morgan fingerprint density at radius 2 is 1.80 bits per heavy atom. The van der Waals surface area contributed by atoms with Crippen molar-refractivity contribution in [2.24, 2.45) is 0 Å². The molecular weight excluding hydrogens is 406 g/mol. The Labute approximate surface area is 177 Å². The number of ether oxygens (including phenoxy) is 1. The van der Waals surface area contributed by atoms with Crippen LogP contribution in [0.1, 0.15) is 25.0 Å². The number of benzene rings is 1. The predicted octanol–water partition coefficient (Wildman–Crippen LogP) is 1.85. The maximum Gasteiger partial charge on any atom is 0.251 e. The van der Waals surface area contributed by atoms with Crippen molar-refractivity contribution in [1.82, 2.24) is 13.8 Å². The third-order valence-electron chi connectivity index (χ3n) is 4.87. The van der Waals surface area contributed by atoms with Crippen molar-refractivity contribution in [3.05, 3.63) is 58.0 Å². The van der Waals surface area contributed by atoms with Crippen molar-refractivity contribution in [1.29, 1.82) is 0 Å². The van der Waals surface area contributed by atoms with Gasteiger partial charge in [0.2, 0.25) is 15.9 Å². The second-order valence-electron chi connectivity index (χ2n) is 6.99. The zero-order chi connectivity index (χ0) is 22.5. The van der Waals surface area contributed by atoms with Gasteiger partial charge in [0.1, 0.15) is 12.3 Å². The van der Waals surface area contributed by atoms with Gasteiger partial charge < -0.3 is 14.2 Å². The first-order valence-electron chi connectivity index (χ1n) is 9.72. The average Bonchev–Trinajstić information content (AvgIpc) is 2.70. The fraction of sp³-hybridized carbons (Fsp3) is 0.429. The van der Waals surface area contributed by atoms with Crippen molar-refractivity contribution in [3.8, 4) is 5.75 Å². The van der Waals surface area contributed by atoms with E-state index in [1.54, 1.807) is 28.0 Å². The van der Waals surface area contributed by atoms with E-state index in [1.807, 2.05) is 25.1 Å². The molecule has 0 aliphatic rings. The number of nitrogens with zero attached hydrogens (tertiary/aromatic N) is 3. The summed E-state index contributed by atoms with van der Waals surface area (Å²) in [5.41, 5.74) is 1.44. The number of amides is 1. The van der Waals surface area contributed by atoms with Gasteiger partial charge in [-0.3, -0.25) is 9.59 Å². The molecule has 0 saturated carbocycles. The highest BCUT2D eigenvalue weighted by atomic mass is 32.2. The number of methoxy groups -OCH3 is 1. The molecule has 0 unspecified atom stereocenters. The lowest BCUT2D eigenvalue weighted by molar-refractivity contribution is -0.131. The standard InChI is InChI=1S/C21H29N3O5S/c1-6-24(7-2)30(27,28)18-9-11-20(25)23(14-18)15-21(26)22(4)13-17-12-16(3)8-10-19(17)29-5/h8-12,14H,6-7,13,15H2,1-5H3. The summed E-state index contributed by atoms with van der Waals surface area (Å²) in [6.07, 6.45) is 1.23. The quantitative estimate of drug-likeness (QED) is 0.600. The predicted molar refractivity (Wildman–Crippen MR) is 115 cm³/mol. The molecule has 0 fully saturated rings. The molecule has 2 aromatic rings. The molecule has 0 aliphatic carbocycles. The number of carbonyl (C=O) groups excluding carboxylic acids is 1. The third-order valence-corrected chi connectivity index (χ3v) is 6.91. The molecule has 2 rings (SSSR count). The van der Waals surface area contributed by atoms with E-state index < -0.39 is 15.6 Å². The van der Waals surface area contributed by atoms with Crippen LogP contribution in [0.3, 0.4) is 0 Å². The fourth-order valence-electron chi connectivity index (χ4n) is 3.14.